The van der Waals surface area contributed by atoms with Crippen molar-refractivity contribution in [1.82, 2.24) is 19.9 Å². The summed E-state index contributed by atoms with van der Waals surface area (Å²) >= 11 is 0. The minimum atomic E-state index is 0.576. The predicted octanol–water partition coefficient (Wildman–Crippen LogP) is 3.65. The van der Waals surface area contributed by atoms with E-state index in [1.165, 1.54) is 0 Å². The molecule has 3 aromatic rings. The summed E-state index contributed by atoms with van der Waals surface area (Å²) in [4.78, 5) is 15.8. The van der Waals surface area contributed by atoms with Gasteiger partial charge in [0.05, 0.1) is 18.5 Å². The highest BCUT2D eigenvalue weighted by Crippen LogP contribution is 2.24. The van der Waals surface area contributed by atoms with Gasteiger partial charge in [0.15, 0.2) is 0 Å². The molecule has 1 aromatic carbocycles. The maximum Gasteiger partial charge on any atom is 0.225 e. The van der Waals surface area contributed by atoms with Gasteiger partial charge in [0.25, 0.3) is 0 Å². The Kier molecular flexibility index (Phi) is 6.75. The SMILES string of the molecule is COc1cccc(Nc2cc(-c3ccccn3)nc(NCCCN(C)C)n2)c1. The number of methoxy groups -OCH3 is 1. The van der Waals surface area contributed by atoms with Crippen molar-refractivity contribution in [2.45, 2.75) is 6.42 Å². The molecule has 2 N–H and O–H groups in total. The number of hydrogen-bond acceptors (Lipinski definition) is 7. The van der Waals surface area contributed by atoms with E-state index in [4.69, 9.17) is 4.74 Å². The number of benzene rings is 1. The van der Waals surface area contributed by atoms with E-state index in [2.05, 4.69) is 44.6 Å². The molecule has 0 amide bonds. The summed E-state index contributed by atoms with van der Waals surface area (Å²) < 4.78 is 5.29. The lowest BCUT2D eigenvalue weighted by molar-refractivity contribution is 0.405. The van der Waals surface area contributed by atoms with Gasteiger partial charge in [-0.3, -0.25) is 4.98 Å². The molecule has 0 bridgehead atoms. The van der Waals surface area contributed by atoms with Gasteiger partial charge in [0.2, 0.25) is 5.95 Å². The fraction of sp³-hybridized carbons (Fsp3) is 0.286. The molecule has 0 atom stereocenters. The summed E-state index contributed by atoms with van der Waals surface area (Å²) in [7, 11) is 5.78. The molecule has 0 radical (unpaired) electrons. The zero-order valence-corrected chi connectivity index (χ0v) is 16.5. The molecule has 7 heteroatoms. The fourth-order valence-electron chi connectivity index (χ4n) is 2.68. The van der Waals surface area contributed by atoms with Gasteiger partial charge >= 0.3 is 0 Å². The van der Waals surface area contributed by atoms with Crippen molar-refractivity contribution in [3.8, 4) is 17.1 Å². The number of nitrogens with zero attached hydrogens (tertiary/aromatic N) is 4. The number of hydrogen-bond donors (Lipinski definition) is 2. The Balaban J connectivity index is 1.84. The van der Waals surface area contributed by atoms with Crippen LogP contribution in [0, 0.1) is 0 Å². The van der Waals surface area contributed by atoms with Crippen LogP contribution >= 0.6 is 0 Å². The standard InChI is InChI=1S/C21H26N6O/c1-27(2)13-7-12-23-21-25-19(18-10-4-5-11-22-18)15-20(26-21)24-16-8-6-9-17(14-16)28-3/h4-6,8-11,14-15H,7,12-13H2,1-3H3,(H2,23,24,25,26). The van der Waals surface area contributed by atoms with Crippen LogP contribution in [0.15, 0.2) is 54.7 Å². The number of ether oxygens (including phenoxy) is 1. The van der Waals surface area contributed by atoms with Crippen LogP contribution in [0.4, 0.5) is 17.5 Å². The second-order valence-corrected chi connectivity index (χ2v) is 6.62. The summed E-state index contributed by atoms with van der Waals surface area (Å²) in [6.07, 6.45) is 2.76. The van der Waals surface area contributed by atoms with Crippen LogP contribution in [0.3, 0.4) is 0 Å². The molecule has 146 valence electrons. The zero-order chi connectivity index (χ0) is 19.8. The molecule has 0 saturated carbocycles. The van der Waals surface area contributed by atoms with E-state index >= 15 is 0 Å². The number of anilines is 3. The Hall–Kier alpha value is -3.19. The first-order valence-corrected chi connectivity index (χ1v) is 9.24. The molecule has 2 aromatic heterocycles. The highest BCUT2D eigenvalue weighted by Gasteiger charge is 2.08. The summed E-state index contributed by atoms with van der Waals surface area (Å²) in [5.41, 5.74) is 2.45. The molecule has 0 saturated heterocycles. The molecular weight excluding hydrogens is 352 g/mol. The molecule has 3 rings (SSSR count). The predicted molar refractivity (Wildman–Crippen MR) is 113 cm³/mol. The van der Waals surface area contributed by atoms with Crippen LogP contribution < -0.4 is 15.4 Å². The van der Waals surface area contributed by atoms with E-state index in [1.54, 1.807) is 13.3 Å². The molecule has 0 aliphatic rings. The topological polar surface area (TPSA) is 75.2 Å². The van der Waals surface area contributed by atoms with Gasteiger partial charge < -0.3 is 20.3 Å². The van der Waals surface area contributed by atoms with Crippen LogP contribution in [-0.4, -0.2) is 54.1 Å². The highest BCUT2D eigenvalue weighted by atomic mass is 16.5. The lowest BCUT2D eigenvalue weighted by Gasteiger charge is -2.13. The summed E-state index contributed by atoms with van der Waals surface area (Å²) in [5.74, 6) is 2.05. The van der Waals surface area contributed by atoms with Crippen LogP contribution in [0.1, 0.15) is 6.42 Å². The van der Waals surface area contributed by atoms with Crippen LogP contribution in [0.25, 0.3) is 11.4 Å². The van der Waals surface area contributed by atoms with Gasteiger partial charge in [0.1, 0.15) is 11.6 Å². The first-order chi connectivity index (χ1) is 13.6. The van der Waals surface area contributed by atoms with Gasteiger partial charge in [-0.25, -0.2) is 4.98 Å². The number of rotatable bonds is 9. The van der Waals surface area contributed by atoms with E-state index < -0.39 is 0 Å². The van der Waals surface area contributed by atoms with Gasteiger partial charge in [0, 0.05) is 30.6 Å². The summed E-state index contributed by atoms with van der Waals surface area (Å²) in [6.45, 7) is 1.80. The summed E-state index contributed by atoms with van der Waals surface area (Å²) in [5, 5.41) is 6.65. The number of nitrogens with one attached hydrogen (secondary N) is 2. The minimum absolute atomic E-state index is 0.576. The van der Waals surface area contributed by atoms with Crippen molar-refractivity contribution < 1.29 is 4.74 Å². The summed E-state index contributed by atoms with van der Waals surface area (Å²) in [6, 6.07) is 15.4. The fourth-order valence-corrected chi connectivity index (χ4v) is 2.68. The molecule has 0 unspecified atom stereocenters. The van der Waals surface area contributed by atoms with Gasteiger partial charge in [-0.2, -0.15) is 4.98 Å². The molecule has 0 spiro atoms. The second kappa shape index (κ2) is 9.66. The van der Waals surface area contributed by atoms with Crippen LogP contribution in [-0.2, 0) is 0 Å². The Morgan fingerprint density at radius 1 is 1.00 bits per heavy atom. The van der Waals surface area contributed by atoms with Crippen molar-refractivity contribution in [3.63, 3.8) is 0 Å². The largest absolute Gasteiger partial charge is 0.497 e. The van der Waals surface area contributed by atoms with Gasteiger partial charge in [-0.15, -0.1) is 0 Å². The van der Waals surface area contributed by atoms with Crippen molar-refractivity contribution in [1.29, 1.82) is 0 Å². The average Bonchev–Trinajstić information content (AvgIpc) is 2.72. The molecule has 7 nitrogen and oxygen atoms in total. The third kappa shape index (κ3) is 5.65. The maximum atomic E-state index is 5.29. The van der Waals surface area contributed by atoms with Crippen LogP contribution in [0.2, 0.25) is 0 Å². The molecule has 2 heterocycles. The van der Waals surface area contributed by atoms with Crippen molar-refractivity contribution in [2.24, 2.45) is 0 Å². The minimum Gasteiger partial charge on any atom is -0.497 e. The molecular formula is C21H26N6O. The highest BCUT2D eigenvalue weighted by molar-refractivity contribution is 5.65. The molecule has 0 aliphatic heterocycles. The molecule has 0 fully saturated rings. The zero-order valence-electron chi connectivity index (χ0n) is 16.5. The normalized spacial score (nSPS) is 10.7. The van der Waals surface area contributed by atoms with E-state index in [0.717, 1.165) is 42.3 Å². The lowest BCUT2D eigenvalue weighted by atomic mass is 10.2. The average molecular weight is 378 g/mol. The number of aromatic nitrogens is 3. The van der Waals surface area contributed by atoms with E-state index in [0.29, 0.717) is 11.8 Å². The van der Waals surface area contributed by atoms with E-state index in [9.17, 15) is 0 Å². The number of pyridine rings is 1. The monoisotopic (exact) mass is 378 g/mol. The Morgan fingerprint density at radius 3 is 2.64 bits per heavy atom. The Morgan fingerprint density at radius 2 is 1.89 bits per heavy atom. The maximum absolute atomic E-state index is 5.29. The second-order valence-electron chi connectivity index (χ2n) is 6.62. The van der Waals surface area contributed by atoms with Crippen molar-refractivity contribution in [2.75, 3.05) is 44.9 Å². The van der Waals surface area contributed by atoms with E-state index in [1.807, 2.05) is 48.5 Å². The first kappa shape index (κ1) is 19.6. The smallest absolute Gasteiger partial charge is 0.225 e. The Bertz CT molecular complexity index is 885. The lowest BCUT2D eigenvalue weighted by Crippen LogP contribution is -2.17. The third-order valence-corrected chi connectivity index (χ3v) is 4.06. The van der Waals surface area contributed by atoms with Crippen molar-refractivity contribution in [3.05, 3.63) is 54.7 Å². The van der Waals surface area contributed by atoms with Gasteiger partial charge in [-0.05, 0) is 51.3 Å². The Labute approximate surface area is 165 Å². The molecule has 0 aliphatic carbocycles. The quantitative estimate of drug-likeness (QED) is 0.550. The van der Waals surface area contributed by atoms with E-state index in [-0.39, 0.29) is 0 Å². The van der Waals surface area contributed by atoms with Gasteiger partial charge in [-0.1, -0.05) is 12.1 Å². The first-order valence-electron chi connectivity index (χ1n) is 9.24. The van der Waals surface area contributed by atoms with Crippen LogP contribution in [0.5, 0.6) is 5.75 Å². The third-order valence-electron chi connectivity index (χ3n) is 4.06. The van der Waals surface area contributed by atoms with Crippen molar-refractivity contribution >= 4 is 17.5 Å². The molecule has 28 heavy (non-hydrogen) atoms.